The first kappa shape index (κ1) is 20.8. The van der Waals surface area contributed by atoms with Crippen molar-refractivity contribution < 1.29 is 14.4 Å². The average Bonchev–Trinajstić information content (AvgIpc) is 3.47. The van der Waals surface area contributed by atoms with Crippen molar-refractivity contribution in [3.8, 4) is 0 Å². The summed E-state index contributed by atoms with van der Waals surface area (Å²) in [5.74, 6) is -0.441. The van der Waals surface area contributed by atoms with E-state index in [2.05, 4.69) is 10.6 Å². The minimum Gasteiger partial charge on any atom is -0.339 e. The molecule has 1 aromatic heterocycles. The van der Waals surface area contributed by atoms with Crippen LogP contribution in [0, 0.1) is 0 Å². The van der Waals surface area contributed by atoms with Gasteiger partial charge in [-0.05, 0) is 47.7 Å². The Morgan fingerprint density at radius 3 is 2.42 bits per heavy atom. The van der Waals surface area contributed by atoms with Crippen molar-refractivity contribution in [3.63, 3.8) is 0 Å². The molecule has 0 spiro atoms. The number of amides is 3. The molecule has 1 fully saturated rings. The van der Waals surface area contributed by atoms with E-state index >= 15 is 0 Å². The highest BCUT2D eigenvalue weighted by Crippen LogP contribution is 2.23. The summed E-state index contributed by atoms with van der Waals surface area (Å²) in [6.07, 6.45) is 1.82. The first-order valence-corrected chi connectivity index (χ1v) is 11.1. The minimum absolute atomic E-state index is 0.121. The van der Waals surface area contributed by atoms with Gasteiger partial charge < -0.3 is 15.5 Å². The van der Waals surface area contributed by atoms with Gasteiger partial charge >= 0.3 is 0 Å². The second-order valence-corrected chi connectivity index (χ2v) is 8.33. The fourth-order valence-corrected chi connectivity index (χ4v) is 4.20. The van der Waals surface area contributed by atoms with Crippen LogP contribution < -0.4 is 15.5 Å². The molecule has 4 rings (SSSR count). The molecule has 3 amide bonds. The maximum Gasteiger partial charge on any atom is 0.262 e. The molecule has 0 saturated carbocycles. The Morgan fingerprint density at radius 1 is 1.00 bits per heavy atom. The molecule has 0 unspecified atom stereocenters. The van der Waals surface area contributed by atoms with E-state index in [9.17, 15) is 14.4 Å². The fraction of sp³-hybridized carbons (Fsp3) is 0.208. The predicted octanol–water partition coefficient (Wildman–Crippen LogP) is 3.85. The second kappa shape index (κ2) is 9.57. The van der Waals surface area contributed by atoms with Crippen LogP contribution in [0.1, 0.15) is 28.1 Å². The highest BCUT2D eigenvalue weighted by atomic mass is 32.1. The Kier molecular flexibility index (Phi) is 6.43. The third-order valence-corrected chi connectivity index (χ3v) is 6.04. The van der Waals surface area contributed by atoms with E-state index in [4.69, 9.17) is 0 Å². The smallest absolute Gasteiger partial charge is 0.262 e. The normalized spacial score (nSPS) is 14.3. The van der Waals surface area contributed by atoms with Gasteiger partial charge in [0.05, 0.1) is 4.88 Å². The van der Waals surface area contributed by atoms with E-state index in [0.717, 1.165) is 24.2 Å². The summed E-state index contributed by atoms with van der Waals surface area (Å²) < 4.78 is 0. The molecule has 6 nitrogen and oxygen atoms in total. The van der Waals surface area contributed by atoms with Gasteiger partial charge in [0.15, 0.2) is 0 Å². The van der Waals surface area contributed by atoms with Crippen molar-refractivity contribution in [1.82, 2.24) is 5.32 Å². The van der Waals surface area contributed by atoms with Crippen LogP contribution in [0.3, 0.4) is 0 Å². The van der Waals surface area contributed by atoms with Crippen molar-refractivity contribution in [3.05, 3.63) is 82.6 Å². The van der Waals surface area contributed by atoms with Crippen LogP contribution in [0.4, 0.5) is 11.4 Å². The summed E-state index contributed by atoms with van der Waals surface area (Å²) in [5, 5.41) is 7.57. The van der Waals surface area contributed by atoms with Gasteiger partial charge in [0.25, 0.3) is 5.91 Å². The van der Waals surface area contributed by atoms with E-state index in [1.54, 1.807) is 29.2 Å². The second-order valence-electron chi connectivity index (χ2n) is 7.38. The third-order valence-electron chi connectivity index (χ3n) is 5.17. The molecule has 0 aliphatic carbocycles. The lowest BCUT2D eigenvalue weighted by molar-refractivity contribution is -0.118. The van der Waals surface area contributed by atoms with Crippen LogP contribution in [-0.4, -0.2) is 30.3 Å². The van der Waals surface area contributed by atoms with Crippen LogP contribution in [0.2, 0.25) is 0 Å². The Labute approximate surface area is 184 Å². The van der Waals surface area contributed by atoms with Crippen molar-refractivity contribution in [2.24, 2.45) is 0 Å². The Hall–Kier alpha value is -3.45. The molecule has 1 aliphatic rings. The quantitative estimate of drug-likeness (QED) is 0.594. The zero-order chi connectivity index (χ0) is 21.6. The first-order valence-electron chi connectivity index (χ1n) is 10.2. The number of thiophene rings is 1. The molecule has 2 N–H and O–H groups in total. The molecule has 1 atom stereocenters. The fourth-order valence-electron chi connectivity index (χ4n) is 3.57. The van der Waals surface area contributed by atoms with Gasteiger partial charge in [-0.1, -0.05) is 36.4 Å². The van der Waals surface area contributed by atoms with Crippen molar-refractivity contribution in [2.45, 2.75) is 25.3 Å². The van der Waals surface area contributed by atoms with Crippen molar-refractivity contribution in [2.75, 3.05) is 16.8 Å². The molecule has 1 saturated heterocycles. The number of benzene rings is 2. The number of carbonyl (C=O) groups is 3. The molecule has 158 valence electrons. The molecule has 2 aromatic carbocycles. The van der Waals surface area contributed by atoms with E-state index in [1.807, 2.05) is 47.8 Å². The topological polar surface area (TPSA) is 78.5 Å². The number of nitrogens with zero attached hydrogens (tertiary/aromatic N) is 1. The van der Waals surface area contributed by atoms with Crippen molar-refractivity contribution >= 4 is 40.4 Å². The van der Waals surface area contributed by atoms with Gasteiger partial charge in [-0.25, -0.2) is 0 Å². The SMILES string of the molecule is O=C(N[C@H](Cc1ccccc1)C(=O)Nc1ccc(N2CCCC2=O)cc1)c1cccs1. The van der Waals surface area contributed by atoms with Crippen LogP contribution >= 0.6 is 11.3 Å². The number of hydrogen-bond donors (Lipinski definition) is 2. The molecule has 31 heavy (non-hydrogen) atoms. The lowest BCUT2D eigenvalue weighted by Gasteiger charge is -2.19. The maximum atomic E-state index is 13.0. The molecule has 3 aromatic rings. The van der Waals surface area contributed by atoms with Crippen LogP contribution in [0.25, 0.3) is 0 Å². The van der Waals surface area contributed by atoms with Gasteiger partial charge in [-0.2, -0.15) is 0 Å². The summed E-state index contributed by atoms with van der Waals surface area (Å²) >= 11 is 1.33. The lowest BCUT2D eigenvalue weighted by atomic mass is 10.0. The van der Waals surface area contributed by atoms with E-state index < -0.39 is 6.04 Å². The number of carbonyl (C=O) groups excluding carboxylic acids is 3. The Morgan fingerprint density at radius 2 is 1.77 bits per heavy atom. The van der Waals surface area contributed by atoms with Crippen molar-refractivity contribution in [1.29, 1.82) is 0 Å². The Balaban J connectivity index is 1.46. The van der Waals surface area contributed by atoms with E-state index in [0.29, 0.717) is 23.4 Å². The van der Waals surface area contributed by atoms with E-state index in [1.165, 1.54) is 11.3 Å². The van der Waals surface area contributed by atoms with Crippen LogP contribution in [-0.2, 0) is 16.0 Å². The summed E-state index contributed by atoms with van der Waals surface area (Å²) in [6.45, 7) is 0.721. The van der Waals surface area contributed by atoms with E-state index in [-0.39, 0.29) is 17.7 Å². The molecule has 2 heterocycles. The van der Waals surface area contributed by atoms with Gasteiger partial charge in [0, 0.05) is 30.8 Å². The third kappa shape index (κ3) is 5.19. The van der Waals surface area contributed by atoms with Crippen LogP contribution in [0.5, 0.6) is 0 Å². The molecule has 7 heteroatoms. The zero-order valence-electron chi connectivity index (χ0n) is 16.9. The molecule has 1 aliphatic heterocycles. The molecular weight excluding hydrogens is 410 g/mol. The lowest BCUT2D eigenvalue weighted by Crippen LogP contribution is -2.45. The standard InChI is InChI=1S/C24H23N3O3S/c28-22-9-4-14-27(22)19-12-10-18(11-13-19)25-23(29)20(16-17-6-2-1-3-7-17)26-24(30)21-8-5-15-31-21/h1-3,5-8,10-13,15,20H,4,9,14,16H2,(H,25,29)(H,26,30)/t20-/m1/s1. The van der Waals surface area contributed by atoms with Gasteiger partial charge in [0.2, 0.25) is 11.8 Å². The number of nitrogens with one attached hydrogen (secondary N) is 2. The van der Waals surface area contributed by atoms with Gasteiger partial charge in [-0.15, -0.1) is 11.3 Å². The maximum absolute atomic E-state index is 13.0. The predicted molar refractivity (Wildman–Crippen MR) is 122 cm³/mol. The van der Waals surface area contributed by atoms with Gasteiger partial charge in [-0.3, -0.25) is 14.4 Å². The van der Waals surface area contributed by atoms with Gasteiger partial charge in [0.1, 0.15) is 6.04 Å². The number of rotatable bonds is 7. The summed E-state index contributed by atoms with van der Waals surface area (Å²) in [5.41, 5.74) is 2.40. The zero-order valence-corrected chi connectivity index (χ0v) is 17.7. The Bertz CT molecular complexity index is 1050. The highest BCUT2D eigenvalue weighted by Gasteiger charge is 2.24. The molecule has 0 bridgehead atoms. The molecule has 0 radical (unpaired) electrons. The summed E-state index contributed by atoms with van der Waals surface area (Å²) in [7, 11) is 0. The average molecular weight is 434 g/mol. The monoisotopic (exact) mass is 433 g/mol. The largest absolute Gasteiger partial charge is 0.339 e. The number of anilines is 2. The van der Waals surface area contributed by atoms with Crippen LogP contribution in [0.15, 0.2) is 72.1 Å². The summed E-state index contributed by atoms with van der Waals surface area (Å²) in [4.78, 5) is 39.8. The highest BCUT2D eigenvalue weighted by molar-refractivity contribution is 7.12. The minimum atomic E-state index is -0.725. The number of hydrogen-bond acceptors (Lipinski definition) is 4. The summed E-state index contributed by atoms with van der Waals surface area (Å²) in [6, 6.07) is 19.6. The molecular formula is C24H23N3O3S. The first-order chi connectivity index (χ1) is 15.1.